The number of ether oxygens (including phenoxy) is 1. The maximum atomic E-state index is 6.58. The largest absolute Gasteiger partial charge is 0.464 e. The molecule has 158 valence electrons. The summed E-state index contributed by atoms with van der Waals surface area (Å²) in [5, 5.41) is 10.7. The molecule has 0 aliphatic carbocycles. The van der Waals surface area contributed by atoms with Gasteiger partial charge in [-0.25, -0.2) is 5.01 Å². The molecular weight excluding hydrogens is 507 g/mol. The second-order valence-corrected chi connectivity index (χ2v) is 9.79. The molecule has 2 aliphatic rings. The molecule has 2 heterocycles. The van der Waals surface area contributed by atoms with Crippen LogP contribution in [0.5, 0.6) is 5.75 Å². The molecule has 4 aromatic rings. The van der Waals surface area contributed by atoms with Crippen molar-refractivity contribution in [2.75, 3.05) is 0 Å². The summed E-state index contributed by atoms with van der Waals surface area (Å²) < 4.78 is 7.45. The number of rotatable bonds is 2. The van der Waals surface area contributed by atoms with Crippen LogP contribution in [0.4, 0.5) is 0 Å². The summed E-state index contributed by atoms with van der Waals surface area (Å²) >= 11 is 16.3. The Bertz CT molecular complexity index is 1400. The quantitative estimate of drug-likeness (QED) is 0.265. The lowest BCUT2D eigenvalue weighted by molar-refractivity contribution is -0.0190. The number of hydrazone groups is 1. The highest BCUT2D eigenvalue weighted by Gasteiger charge is 2.41. The van der Waals surface area contributed by atoms with E-state index in [1.807, 2.05) is 29.3 Å². The molecule has 4 aromatic carbocycles. The van der Waals surface area contributed by atoms with Crippen molar-refractivity contribution < 1.29 is 4.74 Å². The van der Waals surface area contributed by atoms with Crippen LogP contribution in [0.1, 0.15) is 35.4 Å². The van der Waals surface area contributed by atoms with Crippen LogP contribution < -0.4 is 4.74 Å². The molecule has 0 aromatic heterocycles. The first kappa shape index (κ1) is 20.1. The summed E-state index contributed by atoms with van der Waals surface area (Å²) in [5.74, 6) is 0.848. The minimum atomic E-state index is -0.434. The smallest absolute Gasteiger partial charge is 0.215 e. The molecule has 32 heavy (non-hydrogen) atoms. The highest BCUT2D eigenvalue weighted by atomic mass is 79.9. The molecule has 0 N–H and O–H groups in total. The number of fused-ring (bicyclic) bond motifs is 4. The van der Waals surface area contributed by atoms with Crippen molar-refractivity contribution in [1.82, 2.24) is 5.01 Å². The number of hydrogen-bond donors (Lipinski definition) is 0. The molecule has 2 unspecified atom stereocenters. The fourth-order valence-corrected chi connectivity index (χ4v) is 5.39. The molecule has 0 saturated carbocycles. The monoisotopic (exact) mass is 522 g/mol. The van der Waals surface area contributed by atoms with Gasteiger partial charge in [0.05, 0.1) is 16.8 Å². The van der Waals surface area contributed by atoms with Crippen molar-refractivity contribution in [3.05, 3.63) is 110 Å². The summed E-state index contributed by atoms with van der Waals surface area (Å²) in [6, 6.07) is 26.5. The predicted octanol–water partition coefficient (Wildman–Crippen LogP) is 8.15. The lowest BCUT2D eigenvalue weighted by Crippen LogP contribution is -2.33. The van der Waals surface area contributed by atoms with Crippen molar-refractivity contribution >= 4 is 55.6 Å². The van der Waals surface area contributed by atoms with E-state index < -0.39 is 6.23 Å². The molecule has 6 heteroatoms. The van der Waals surface area contributed by atoms with E-state index in [9.17, 15) is 0 Å². The van der Waals surface area contributed by atoms with Gasteiger partial charge < -0.3 is 4.74 Å². The Balaban J connectivity index is 1.47. The number of hydrogen-bond acceptors (Lipinski definition) is 3. The Kier molecular flexibility index (Phi) is 4.90. The molecule has 2 aliphatic heterocycles. The average molecular weight is 524 g/mol. The second kappa shape index (κ2) is 7.80. The second-order valence-electron chi connectivity index (χ2n) is 8.03. The number of nitrogens with zero attached hydrogens (tertiary/aromatic N) is 2. The molecule has 0 radical (unpaired) electrons. The van der Waals surface area contributed by atoms with Crippen molar-refractivity contribution in [2.24, 2.45) is 5.10 Å². The zero-order valence-electron chi connectivity index (χ0n) is 16.8. The van der Waals surface area contributed by atoms with Crippen LogP contribution in [0, 0.1) is 0 Å². The highest BCUT2D eigenvalue weighted by Crippen LogP contribution is 2.49. The first-order valence-corrected chi connectivity index (χ1v) is 11.9. The summed E-state index contributed by atoms with van der Waals surface area (Å²) in [7, 11) is 0. The third kappa shape index (κ3) is 3.38. The van der Waals surface area contributed by atoms with Crippen molar-refractivity contribution in [3.63, 3.8) is 0 Å². The molecule has 0 saturated heterocycles. The summed E-state index contributed by atoms with van der Waals surface area (Å²) in [5.41, 5.74) is 4.11. The van der Waals surface area contributed by atoms with E-state index >= 15 is 0 Å². The van der Waals surface area contributed by atoms with Gasteiger partial charge in [-0.05, 0) is 52.7 Å². The van der Waals surface area contributed by atoms with Gasteiger partial charge in [-0.2, -0.15) is 5.10 Å². The highest BCUT2D eigenvalue weighted by molar-refractivity contribution is 9.10. The Morgan fingerprint density at radius 2 is 1.72 bits per heavy atom. The van der Waals surface area contributed by atoms with Crippen LogP contribution in [-0.2, 0) is 0 Å². The van der Waals surface area contributed by atoms with Gasteiger partial charge in [0.15, 0.2) is 0 Å². The SMILES string of the molecule is Clc1ccc(C2Oc3ccc(Br)cc3C3CC(c4ccc5ccccc5c4)=NN32)c(Cl)c1. The van der Waals surface area contributed by atoms with Gasteiger partial charge in [0.25, 0.3) is 0 Å². The van der Waals surface area contributed by atoms with Crippen LogP contribution in [0.2, 0.25) is 10.0 Å². The fraction of sp³-hybridized carbons (Fsp3) is 0.115. The maximum Gasteiger partial charge on any atom is 0.215 e. The summed E-state index contributed by atoms with van der Waals surface area (Å²) in [6.45, 7) is 0. The lowest BCUT2D eigenvalue weighted by atomic mass is 9.95. The minimum Gasteiger partial charge on any atom is -0.464 e. The lowest BCUT2D eigenvalue weighted by Gasteiger charge is -2.38. The third-order valence-corrected chi connectivity index (χ3v) is 7.12. The Morgan fingerprint density at radius 1 is 0.875 bits per heavy atom. The van der Waals surface area contributed by atoms with Crippen LogP contribution in [0.25, 0.3) is 10.8 Å². The predicted molar refractivity (Wildman–Crippen MR) is 134 cm³/mol. The van der Waals surface area contributed by atoms with Gasteiger partial charge in [-0.15, -0.1) is 0 Å². The Morgan fingerprint density at radius 3 is 2.56 bits per heavy atom. The van der Waals surface area contributed by atoms with E-state index in [1.54, 1.807) is 6.07 Å². The first-order chi connectivity index (χ1) is 15.6. The number of halogens is 3. The van der Waals surface area contributed by atoms with Crippen LogP contribution in [0.15, 0.2) is 88.4 Å². The normalized spacial score (nSPS) is 19.3. The Labute approximate surface area is 204 Å². The van der Waals surface area contributed by atoms with E-state index in [2.05, 4.69) is 64.5 Å². The molecule has 2 atom stereocenters. The first-order valence-electron chi connectivity index (χ1n) is 10.3. The molecular formula is C26H17BrCl2N2O. The van der Waals surface area contributed by atoms with E-state index in [4.69, 9.17) is 33.0 Å². The maximum absolute atomic E-state index is 6.58. The van der Waals surface area contributed by atoms with Gasteiger partial charge >= 0.3 is 0 Å². The van der Waals surface area contributed by atoms with E-state index in [-0.39, 0.29) is 6.04 Å². The van der Waals surface area contributed by atoms with Crippen LogP contribution >= 0.6 is 39.1 Å². The van der Waals surface area contributed by atoms with Crippen molar-refractivity contribution in [1.29, 1.82) is 0 Å². The Hall–Kier alpha value is -2.53. The number of benzene rings is 4. The molecule has 0 bridgehead atoms. The van der Waals surface area contributed by atoms with Crippen LogP contribution in [-0.4, -0.2) is 10.7 Å². The molecule has 3 nitrogen and oxygen atoms in total. The van der Waals surface area contributed by atoms with Gasteiger partial charge in [0, 0.05) is 27.0 Å². The average Bonchev–Trinajstić information content (AvgIpc) is 3.25. The van der Waals surface area contributed by atoms with E-state index in [0.717, 1.165) is 39.0 Å². The molecule has 0 fully saturated rings. The molecule has 0 amide bonds. The standard InChI is InChI=1S/C26H17BrCl2N2O/c27-18-7-10-25-21(12-18)24-14-23(17-6-5-15-3-1-2-4-16(15)11-17)30-31(24)26(32-25)20-9-8-19(28)13-22(20)29/h1-13,24,26H,14H2. The minimum absolute atomic E-state index is 0.0504. The van der Waals surface area contributed by atoms with Gasteiger partial charge in [0.1, 0.15) is 5.75 Å². The summed E-state index contributed by atoms with van der Waals surface area (Å²) in [4.78, 5) is 0. The topological polar surface area (TPSA) is 24.8 Å². The van der Waals surface area contributed by atoms with Gasteiger partial charge in [-0.3, -0.25) is 0 Å². The van der Waals surface area contributed by atoms with E-state index in [0.29, 0.717) is 10.0 Å². The van der Waals surface area contributed by atoms with E-state index in [1.165, 1.54) is 10.8 Å². The third-order valence-electron chi connectivity index (χ3n) is 6.06. The fourth-order valence-electron chi connectivity index (χ4n) is 4.51. The van der Waals surface area contributed by atoms with Crippen molar-refractivity contribution in [3.8, 4) is 5.75 Å². The van der Waals surface area contributed by atoms with Gasteiger partial charge in [-0.1, -0.05) is 81.6 Å². The van der Waals surface area contributed by atoms with Crippen molar-refractivity contribution in [2.45, 2.75) is 18.7 Å². The molecule has 0 spiro atoms. The molecule has 6 rings (SSSR count). The van der Waals surface area contributed by atoms with Gasteiger partial charge in [0.2, 0.25) is 6.23 Å². The van der Waals surface area contributed by atoms with Crippen LogP contribution in [0.3, 0.4) is 0 Å². The zero-order valence-corrected chi connectivity index (χ0v) is 19.9. The summed E-state index contributed by atoms with van der Waals surface area (Å²) in [6.07, 6.45) is 0.351. The zero-order chi connectivity index (χ0) is 21.8.